The number of ether oxygens (including phenoxy) is 2. The summed E-state index contributed by atoms with van der Waals surface area (Å²) in [6, 6.07) is 14.7. The van der Waals surface area contributed by atoms with E-state index in [1.54, 1.807) is 0 Å². The Morgan fingerprint density at radius 3 is 1.62 bits per heavy atom. The zero-order chi connectivity index (χ0) is 30.1. The normalized spacial score (nSPS) is 14.3. The quantitative estimate of drug-likeness (QED) is 0.145. The lowest BCUT2D eigenvalue weighted by Crippen LogP contribution is -2.37. The first-order valence-corrected chi connectivity index (χ1v) is 18.2. The second kappa shape index (κ2) is 15.3. The average Bonchev–Trinajstić information content (AvgIpc) is 2.90. The van der Waals surface area contributed by atoms with Crippen molar-refractivity contribution in [1.29, 1.82) is 0 Å². The number of esters is 2. The summed E-state index contributed by atoms with van der Waals surface area (Å²) in [5.41, 5.74) is 1.55. The van der Waals surface area contributed by atoms with Gasteiger partial charge in [-0.1, -0.05) is 76.9 Å². The topological polar surface area (TPSA) is 97.4 Å². The maximum atomic E-state index is 14.2. The minimum atomic E-state index is -3.90. The van der Waals surface area contributed by atoms with Crippen molar-refractivity contribution in [1.82, 2.24) is 0 Å². The van der Waals surface area contributed by atoms with Crippen molar-refractivity contribution in [3.8, 4) is 0 Å². The highest BCUT2D eigenvalue weighted by atomic mass is 79.9. The highest BCUT2D eigenvalue weighted by Gasteiger charge is 2.40. The van der Waals surface area contributed by atoms with Crippen LogP contribution in [0, 0.1) is 5.92 Å². The third kappa shape index (κ3) is 10.9. The van der Waals surface area contributed by atoms with E-state index in [4.69, 9.17) is 22.7 Å². The summed E-state index contributed by atoms with van der Waals surface area (Å²) in [7, 11) is -3.16. The van der Waals surface area contributed by atoms with Crippen LogP contribution in [0.4, 0.5) is 0 Å². The van der Waals surface area contributed by atoms with Gasteiger partial charge in [-0.3, -0.25) is 9.36 Å². The molecule has 0 bridgehead atoms. The van der Waals surface area contributed by atoms with Crippen molar-refractivity contribution in [3.05, 3.63) is 68.6 Å². The maximum Gasteiger partial charge on any atom is 0.336 e. The highest BCUT2D eigenvalue weighted by Crippen LogP contribution is 2.56. The predicted molar refractivity (Wildman–Crippen MR) is 167 cm³/mol. The molecule has 0 N–H and O–H groups in total. The zero-order valence-corrected chi connectivity index (χ0v) is 28.9. The lowest BCUT2D eigenvalue weighted by atomic mass is 10.0. The second-order valence-electron chi connectivity index (χ2n) is 10.5. The van der Waals surface area contributed by atoms with Crippen LogP contribution in [0.3, 0.4) is 0 Å². The van der Waals surface area contributed by atoms with Crippen LogP contribution in [0.5, 0.6) is 0 Å². The van der Waals surface area contributed by atoms with Gasteiger partial charge in [0.05, 0.1) is 39.5 Å². The van der Waals surface area contributed by atoms with Gasteiger partial charge in [-0.2, -0.15) is 0 Å². The molecule has 0 aromatic heterocycles. The smallest absolute Gasteiger partial charge is 0.336 e. The molecule has 40 heavy (non-hydrogen) atoms. The second-order valence-corrected chi connectivity index (χ2v) is 18.3. The Hall–Kier alpha value is -1.20. The first-order chi connectivity index (χ1) is 18.6. The van der Waals surface area contributed by atoms with Gasteiger partial charge >= 0.3 is 19.5 Å². The van der Waals surface area contributed by atoms with E-state index in [2.05, 4.69) is 31.9 Å². The van der Waals surface area contributed by atoms with Crippen LogP contribution in [0.25, 0.3) is 0 Å². The molecule has 0 fully saturated rings. The number of carbonyl (C=O) groups excluding carboxylic acids is 2. The van der Waals surface area contributed by atoms with Crippen molar-refractivity contribution in [2.75, 3.05) is 32.9 Å². The van der Waals surface area contributed by atoms with Crippen LogP contribution >= 0.6 is 49.8 Å². The van der Waals surface area contributed by atoms with Gasteiger partial charge in [-0.05, 0) is 54.3 Å². The summed E-state index contributed by atoms with van der Waals surface area (Å²) >= 11 is 6.80. The summed E-state index contributed by atoms with van der Waals surface area (Å²) in [5.74, 6) is -2.30. The van der Waals surface area contributed by atoms with E-state index in [-0.39, 0.29) is 30.5 Å². The molecule has 2 atom stereocenters. The van der Waals surface area contributed by atoms with Crippen molar-refractivity contribution in [2.24, 2.45) is 5.92 Å². The van der Waals surface area contributed by atoms with E-state index in [1.807, 2.05) is 81.8 Å². The molecule has 0 saturated carbocycles. The molecule has 0 radical (unpaired) electrons. The Morgan fingerprint density at radius 2 is 1.25 bits per heavy atom. The van der Waals surface area contributed by atoms with Crippen molar-refractivity contribution < 1.29 is 36.9 Å². The Kier molecular flexibility index (Phi) is 13.4. The van der Waals surface area contributed by atoms with Gasteiger partial charge < -0.3 is 22.7 Å². The van der Waals surface area contributed by atoms with Gasteiger partial charge in [-0.25, -0.2) is 4.79 Å². The summed E-state index contributed by atoms with van der Waals surface area (Å²) in [4.78, 5) is 25.7. The summed E-state index contributed by atoms with van der Waals surface area (Å²) in [6.07, 6.45) is 2.39. The van der Waals surface area contributed by atoms with Crippen molar-refractivity contribution in [3.63, 3.8) is 0 Å². The molecular formula is C28H39Br2O8PS. The molecule has 0 aliphatic carbocycles. The third-order valence-corrected chi connectivity index (χ3v) is 13.1. The Bertz CT molecular complexity index is 1110. The monoisotopic (exact) mass is 724 g/mol. The number of hydrogen-bond acceptors (Lipinski definition) is 8. The number of benzene rings is 2. The van der Waals surface area contributed by atoms with Crippen LogP contribution < -0.4 is 0 Å². The van der Waals surface area contributed by atoms with Crippen LogP contribution in [-0.2, 0) is 50.1 Å². The standard InChI is InChI=1S/C28H39Br2O8PS/c1-28(2,3)40(6,7)38-25(27(32)35-5)16-22(26(31)34-4)19-39(33,36-17-20-8-12-23(29)13-9-20)37-18-21-10-14-24(30)15-11-21/h8-15,22,25H,16-19H2,1-7H3/t22-,25-/m0/s1. The molecule has 0 unspecified atom stereocenters. The summed E-state index contributed by atoms with van der Waals surface area (Å²) in [6.45, 7) is 6.06. The van der Waals surface area contributed by atoms with Crippen molar-refractivity contribution >= 4 is 61.7 Å². The van der Waals surface area contributed by atoms with E-state index in [0.717, 1.165) is 20.1 Å². The van der Waals surface area contributed by atoms with Crippen LogP contribution in [0.2, 0.25) is 0 Å². The zero-order valence-electron chi connectivity index (χ0n) is 24.0. The van der Waals surface area contributed by atoms with E-state index in [9.17, 15) is 14.2 Å². The number of hydrogen-bond donors (Lipinski definition) is 0. The lowest BCUT2D eigenvalue weighted by molar-refractivity contribution is -0.151. The van der Waals surface area contributed by atoms with E-state index in [0.29, 0.717) is 0 Å². The Labute approximate surface area is 256 Å². The van der Waals surface area contributed by atoms with E-state index in [1.165, 1.54) is 14.2 Å². The fraction of sp³-hybridized carbons (Fsp3) is 0.500. The highest BCUT2D eigenvalue weighted by molar-refractivity contribution is 9.10. The summed E-state index contributed by atoms with van der Waals surface area (Å²) < 4.78 is 43.8. The van der Waals surface area contributed by atoms with Crippen LogP contribution in [0.1, 0.15) is 38.3 Å². The first kappa shape index (κ1) is 35.0. The van der Waals surface area contributed by atoms with Crippen LogP contribution in [0.15, 0.2) is 57.5 Å². The number of rotatable bonds is 14. The molecular weight excluding hydrogens is 687 g/mol. The van der Waals surface area contributed by atoms with Gasteiger partial charge in [0.25, 0.3) is 0 Å². The molecule has 0 heterocycles. The lowest BCUT2D eigenvalue weighted by Gasteiger charge is -2.45. The van der Waals surface area contributed by atoms with Gasteiger partial charge in [0, 0.05) is 13.7 Å². The average molecular weight is 726 g/mol. The first-order valence-electron chi connectivity index (χ1n) is 12.5. The van der Waals surface area contributed by atoms with Gasteiger partial charge in [0.1, 0.15) is 0 Å². The molecule has 0 aliphatic rings. The SMILES string of the molecule is COC(=O)[C@@H](C[C@H](OS(C)(C)C(C)(C)C)C(=O)OC)CP(=O)(OCc1ccc(Br)cc1)OCc1ccc(Br)cc1. The number of methoxy groups -OCH3 is 2. The summed E-state index contributed by atoms with van der Waals surface area (Å²) in [5, 5.41) is 0. The molecule has 224 valence electrons. The van der Waals surface area contributed by atoms with Gasteiger partial charge in [0.15, 0.2) is 6.10 Å². The molecule has 0 aliphatic heterocycles. The van der Waals surface area contributed by atoms with Gasteiger partial charge in [0.2, 0.25) is 0 Å². The Balaban J connectivity index is 2.35. The molecule has 8 nitrogen and oxygen atoms in total. The van der Waals surface area contributed by atoms with E-state index < -0.39 is 41.9 Å². The minimum absolute atomic E-state index is 0.00305. The molecule has 2 aromatic carbocycles. The number of carbonyl (C=O) groups is 2. The Morgan fingerprint density at radius 1 is 0.825 bits per heavy atom. The third-order valence-electron chi connectivity index (χ3n) is 6.45. The molecule has 0 saturated heterocycles. The predicted octanol–water partition coefficient (Wildman–Crippen LogP) is 7.65. The van der Waals surface area contributed by atoms with Crippen LogP contribution in [-0.4, -0.2) is 55.7 Å². The minimum Gasteiger partial charge on any atom is -0.469 e. The molecule has 0 amide bonds. The molecule has 2 rings (SSSR count). The molecule has 12 heteroatoms. The fourth-order valence-electron chi connectivity index (χ4n) is 3.33. The number of halogens is 2. The molecule has 2 aromatic rings. The van der Waals surface area contributed by atoms with Crippen molar-refractivity contribution in [2.45, 2.75) is 51.3 Å². The largest absolute Gasteiger partial charge is 0.469 e. The van der Waals surface area contributed by atoms with Gasteiger partial charge in [-0.15, -0.1) is 10.3 Å². The fourth-order valence-corrected chi connectivity index (χ4v) is 6.70. The maximum absolute atomic E-state index is 14.2. The molecule has 0 spiro atoms. The van der Waals surface area contributed by atoms with E-state index >= 15 is 0 Å².